The summed E-state index contributed by atoms with van der Waals surface area (Å²) in [6.07, 6.45) is 1.34. The largest absolute Gasteiger partial charge is 0.480 e. The Morgan fingerprint density at radius 1 is 1.57 bits per heavy atom. The van der Waals surface area contributed by atoms with E-state index in [9.17, 15) is 9.59 Å². The van der Waals surface area contributed by atoms with Crippen molar-refractivity contribution in [3.05, 3.63) is 0 Å². The first-order chi connectivity index (χ1) is 6.57. The number of aliphatic carboxylic acids is 1. The van der Waals surface area contributed by atoms with Gasteiger partial charge in [0.1, 0.15) is 6.04 Å². The SMILES string of the molecule is CNC(C)C(=O)N1CCCC1C(=O)O. The lowest BCUT2D eigenvalue weighted by molar-refractivity contribution is -0.148. The second-order valence-electron chi connectivity index (χ2n) is 3.54. The van der Waals surface area contributed by atoms with E-state index in [1.807, 2.05) is 0 Å². The number of carboxylic acids is 1. The molecule has 0 spiro atoms. The molecule has 0 aliphatic carbocycles. The van der Waals surface area contributed by atoms with Crippen LogP contribution < -0.4 is 5.32 Å². The molecule has 5 heteroatoms. The smallest absolute Gasteiger partial charge is 0.326 e. The molecule has 1 saturated heterocycles. The molecule has 0 aromatic heterocycles. The number of carboxylic acid groups (broad SMARTS) is 1. The van der Waals surface area contributed by atoms with E-state index in [4.69, 9.17) is 5.11 Å². The summed E-state index contributed by atoms with van der Waals surface area (Å²) in [5, 5.41) is 11.7. The van der Waals surface area contributed by atoms with E-state index < -0.39 is 12.0 Å². The Labute approximate surface area is 83.1 Å². The zero-order valence-corrected chi connectivity index (χ0v) is 8.49. The number of amides is 1. The Bertz CT molecular complexity index is 242. The summed E-state index contributed by atoms with van der Waals surface area (Å²) >= 11 is 0. The zero-order chi connectivity index (χ0) is 10.7. The maximum atomic E-state index is 11.7. The van der Waals surface area contributed by atoms with Crippen molar-refractivity contribution in [2.45, 2.75) is 31.8 Å². The molecule has 1 aliphatic heterocycles. The van der Waals surface area contributed by atoms with Crippen LogP contribution >= 0.6 is 0 Å². The van der Waals surface area contributed by atoms with Gasteiger partial charge in [0.15, 0.2) is 0 Å². The Kier molecular flexibility index (Phi) is 3.46. The molecule has 0 aromatic carbocycles. The van der Waals surface area contributed by atoms with Gasteiger partial charge in [-0.3, -0.25) is 4.79 Å². The minimum Gasteiger partial charge on any atom is -0.480 e. The number of hydrogen-bond acceptors (Lipinski definition) is 3. The summed E-state index contributed by atoms with van der Waals surface area (Å²) in [7, 11) is 1.69. The average Bonchev–Trinajstić information content (AvgIpc) is 2.63. The predicted molar refractivity (Wildman–Crippen MR) is 50.9 cm³/mol. The van der Waals surface area contributed by atoms with Crippen LogP contribution in [0.15, 0.2) is 0 Å². The maximum absolute atomic E-state index is 11.7. The molecule has 1 aliphatic rings. The van der Waals surface area contributed by atoms with Crippen molar-refractivity contribution in [2.24, 2.45) is 0 Å². The maximum Gasteiger partial charge on any atom is 0.326 e. The van der Waals surface area contributed by atoms with Gasteiger partial charge in [-0.05, 0) is 26.8 Å². The van der Waals surface area contributed by atoms with Crippen LogP contribution in [-0.2, 0) is 9.59 Å². The van der Waals surface area contributed by atoms with Crippen molar-refractivity contribution in [1.82, 2.24) is 10.2 Å². The van der Waals surface area contributed by atoms with E-state index in [0.29, 0.717) is 13.0 Å². The molecule has 80 valence electrons. The molecule has 1 rings (SSSR count). The summed E-state index contributed by atoms with van der Waals surface area (Å²) in [4.78, 5) is 24.0. The molecule has 0 saturated carbocycles. The van der Waals surface area contributed by atoms with Crippen LogP contribution in [0.5, 0.6) is 0 Å². The fourth-order valence-electron chi connectivity index (χ4n) is 1.66. The highest BCUT2D eigenvalue weighted by molar-refractivity contribution is 5.87. The molecule has 5 nitrogen and oxygen atoms in total. The number of carbonyl (C=O) groups excluding carboxylic acids is 1. The lowest BCUT2D eigenvalue weighted by atomic mass is 10.2. The fourth-order valence-corrected chi connectivity index (χ4v) is 1.66. The van der Waals surface area contributed by atoms with Crippen LogP contribution in [0.4, 0.5) is 0 Å². The third kappa shape index (κ3) is 2.04. The lowest BCUT2D eigenvalue weighted by Crippen LogP contribution is -2.48. The monoisotopic (exact) mass is 200 g/mol. The van der Waals surface area contributed by atoms with Crippen molar-refractivity contribution < 1.29 is 14.7 Å². The Hall–Kier alpha value is -1.10. The van der Waals surface area contributed by atoms with E-state index in [0.717, 1.165) is 6.42 Å². The molecule has 2 unspecified atom stereocenters. The minimum atomic E-state index is -0.904. The van der Waals surface area contributed by atoms with Gasteiger partial charge in [0, 0.05) is 6.54 Å². The van der Waals surface area contributed by atoms with Crippen LogP contribution in [0.3, 0.4) is 0 Å². The lowest BCUT2D eigenvalue weighted by Gasteiger charge is -2.24. The highest BCUT2D eigenvalue weighted by atomic mass is 16.4. The van der Waals surface area contributed by atoms with Gasteiger partial charge in [-0.2, -0.15) is 0 Å². The minimum absolute atomic E-state index is 0.127. The summed E-state index contributed by atoms with van der Waals surface area (Å²) in [6, 6.07) is -0.937. The van der Waals surface area contributed by atoms with Crippen LogP contribution in [0.25, 0.3) is 0 Å². The van der Waals surface area contributed by atoms with Crippen LogP contribution in [0.2, 0.25) is 0 Å². The molecule has 1 amide bonds. The molecule has 2 atom stereocenters. The van der Waals surface area contributed by atoms with Gasteiger partial charge >= 0.3 is 5.97 Å². The Morgan fingerprint density at radius 3 is 2.71 bits per heavy atom. The van der Waals surface area contributed by atoms with Crippen LogP contribution in [0, 0.1) is 0 Å². The average molecular weight is 200 g/mol. The summed E-state index contributed by atoms with van der Waals surface area (Å²) < 4.78 is 0. The van der Waals surface area contributed by atoms with Crippen molar-refractivity contribution in [1.29, 1.82) is 0 Å². The molecule has 1 fully saturated rings. The Morgan fingerprint density at radius 2 is 2.21 bits per heavy atom. The quantitative estimate of drug-likeness (QED) is 0.654. The summed E-state index contributed by atoms with van der Waals surface area (Å²) in [6.45, 7) is 2.29. The number of nitrogens with one attached hydrogen (secondary N) is 1. The number of likely N-dealkylation sites (tertiary alicyclic amines) is 1. The molecule has 2 N–H and O–H groups in total. The summed E-state index contributed by atoms with van der Waals surface area (Å²) in [5.74, 6) is -1.03. The number of likely N-dealkylation sites (N-methyl/N-ethyl adjacent to an activating group) is 1. The molecular weight excluding hydrogens is 184 g/mol. The Balaban J connectivity index is 2.67. The first-order valence-electron chi connectivity index (χ1n) is 4.78. The highest BCUT2D eigenvalue weighted by Gasteiger charge is 2.35. The van der Waals surface area contributed by atoms with Gasteiger partial charge in [-0.25, -0.2) is 4.79 Å². The normalized spacial score (nSPS) is 23.6. The number of rotatable bonds is 3. The second-order valence-corrected chi connectivity index (χ2v) is 3.54. The first-order valence-corrected chi connectivity index (χ1v) is 4.78. The van der Waals surface area contributed by atoms with Gasteiger partial charge in [0.2, 0.25) is 5.91 Å². The van der Waals surface area contributed by atoms with E-state index in [2.05, 4.69) is 5.32 Å². The summed E-state index contributed by atoms with van der Waals surface area (Å²) in [5.41, 5.74) is 0. The number of carbonyl (C=O) groups is 2. The van der Waals surface area contributed by atoms with Crippen molar-refractivity contribution >= 4 is 11.9 Å². The van der Waals surface area contributed by atoms with Gasteiger partial charge in [-0.15, -0.1) is 0 Å². The van der Waals surface area contributed by atoms with Crippen molar-refractivity contribution in [3.63, 3.8) is 0 Å². The molecule has 1 heterocycles. The zero-order valence-electron chi connectivity index (χ0n) is 8.49. The number of hydrogen-bond donors (Lipinski definition) is 2. The molecular formula is C9H16N2O3. The molecule has 14 heavy (non-hydrogen) atoms. The highest BCUT2D eigenvalue weighted by Crippen LogP contribution is 2.18. The first kappa shape index (κ1) is 11.0. The van der Waals surface area contributed by atoms with Gasteiger partial charge < -0.3 is 15.3 Å². The molecule has 0 bridgehead atoms. The predicted octanol–water partition coefficient (Wildman–Crippen LogP) is -0.330. The van der Waals surface area contributed by atoms with E-state index in [1.54, 1.807) is 14.0 Å². The topological polar surface area (TPSA) is 69.6 Å². The van der Waals surface area contributed by atoms with E-state index in [-0.39, 0.29) is 11.9 Å². The number of nitrogens with zero attached hydrogens (tertiary/aromatic N) is 1. The standard InChI is InChI=1S/C9H16N2O3/c1-6(10-2)8(12)11-5-3-4-7(11)9(13)14/h6-7,10H,3-5H2,1-2H3,(H,13,14). The van der Waals surface area contributed by atoms with Gasteiger partial charge in [-0.1, -0.05) is 0 Å². The van der Waals surface area contributed by atoms with E-state index >= 15 is 0 Å². The fraction of sp³-hybridized carbons (Fsp3) is 0.778. The third-order valence-electron chi connectivity index (χ3n) is 2.62. The van der Waals surface area contributed by atoms with Crippen LogP contribution in [0.1, 0.15) is 19.8 Å². The van der Waals surface area contributed by atoms with Gasteiger partial charge in [0.25, 0.3) is 0 Å². The van der Waals surface area contributed by atoms with Crippen molar-refractivity contribution in [2.75, 3.05) is 13.6 Å². The van der Waals surface area contributed by atoms with Crippen molar-refractivity contribution in [3.8, 4) is 0 Å². The second kappa shape index (κ2) is 4.41. The molecule has 0 radical (unpaired) electrons. The van der Waals surface area contributed by atoms with Crippen LogP contribution in [-0.4, -0.2) is 47.6 Å². The molecule has 0 aromatic rings. The van der Waals surface area contributed by atoms with Gasteiger partial charge in [0.05, 0.1) is 6.04 Å². The third-order valence-corrected chi connectivity index (χ3v) is 2.62. The van der Waals surface area contributed by atoms with E-state index in [1.165, 1.54) is 4.90 Å².